The average molecular weight is 225 g/mol. The van der Waals surface area contributed by atoms with E-state index in [1.807, 2.05) is 17.5 Å². The van der Waals surface area contributed by atoms with E-state index < -0.39 is 6.04 Å². The molecule has 0 radical (unpaired) electrons. The van der Waals surface area contributed by atoms with Crippen molar-refractivity contribution < 1.29 is 14.3 Å². The number of thiophene rings is 1. The lowest BCUT2D eigenvalue weighted by Gasteiger charge is -2.20. The molecule has 0 saturated carbocycles. The van der Waals surface area contributed by atoms with Gasteiger partial charge in [0.25, 0.3) is 0 Å². The Bertz CT molecular complexity index is 374. The minimum atomic E-state index is -0.443. The highest BCUT2D eigenvalue weighted by Crippen LogP contribution is 2.30. The molecule has 5 heteroatoms. The van der Waals surface area contributed by atoms with Crippen LogP contribution in [-0.4, -0.2) is 25.0 Å². The Kier molecular flexibility index (Phi) is 2.73. The van der Waals surface area contributed by atoms with Gasteiger partial charge in [0.2, 0.25) is 5.91 Å². The highest BCUT2D eigenvalue weighted by molar-refractivity contribution is 7.14. The molecule has 0 aliphatic carbocycles. The van der Waals surface area contributed by atoms with Gasteiger partial charge in [-0.3, -0.25) is 9.69 Å². The van der Waals surface area contributed by atoms with Crippen LogP contribution in [0.25, 0.3) is 0 Å². The second-order valence-electron chi connectivity index (χ2n) is 3.29. The predicted molar refractivity (Wildman–Crippen MR) is 56.8 cm³/mol. The number of nitrogens with zero attached hydrogens (tertiary/aromatic N) is 1. The topological polar surface area (TPSA) is 46.6 Å². The number of carbonyl (C=O) groups is 2. The Morgan fingerprint density at radius 3 is 3.07 bits per heavy atom. The third-order valence-corrected chi connectivity index (χ3v) is 3.30. The molecule has 0 N–H and O–H groups in total. The van der Waals surface area contributed by atoms with Gasteiger partial charge in [0.05, 0.1) is 12.1 Å². The zero-order valence-corrected chi connectivity index (χ0v) is 9.12. The summed E-state index contributed by atoms with van der Waals surface area (Å²) in [6.07, 6.45) is 0.959. The van der Waals surface area contributed by atoms with Gasteiger partial charge in [0.1, 0.15) is 6.04 Å². The molecule has 1 aliphatic heterocycles. The Balaban J connectivity index is 2.27. The third-order valence-electron chi connectivity index (χ3n) is 2.43. The molecule has 1 saturated heterocycles. The van der Waals surface area contributed by atoms with Crippen molar-refractivity contribution in [2.45, 2.75) is 18.9 Å². The summed E-state index contributed by atoms with van der Waals surface area (Å²) in [7, 11) is 1.34. The van der Waals surface area contributed by atoms with E-state index >= 15 is 0 Å². The van der Waals surface area contributed by atoms with Crippen LogP contribution in [-0.2, 0) is 14.3 Å². The normalized spacial score (nSPS) is 20.7. The van der Waals surface area contributed by atoms with Gasteiger partial charge >= 0.3 is 5.97 Å². The van der Waals surface area contributed by atoms with E-state index in [-0.39, 0.29) is 11.9 Å². The lowest BCUT2D eigenvalue weighted by molar-refractivity contribution is -0.142. The summed E-state index contributed by atoms with van der Waals surface area (Å²) in [5, 5.41) is 2.70. The van der Waals surface area contributed by atoms with Crippen molar-refractivity contribution in [3.63, 3.8) is 0 Å². The zero-order valence-electron chi connectivity index (χ0n) is 8.30. The van der Waals surface area contributed by atoms with Crippen molar-refractivity contribution >= 4 is 28.2 Å². The molecule has 1 aromatic rings. The van der Waals surface area contributed by atoms with Crippen LogP contribution in [0.15, 0.2) is 17.5 Å². The Hall–Kier alpha value is -1.36. The molecule has 0 aromatic carbocycles. The molecule has 0 spiro atoms. The minimum Gasteiger partial charge on any atom is -0.467 e. The van der Waals surface area contributed by atoms with Crippen molar-refractivity contribution in [1.29, 1.82) is 0 Å². The zero-order chi connectivity index (χ0) is 10.8. The highest BCUT2D eigenvalue weighted by Gasteiger charge is 2.38. The number of anilines is 1. The van der Waals surface area contributed by atoms with Gasteiger partial charge in [-0.15, -0.1) is 11.3 Å². The second-order valence-corrected chi connectivity index (χ2v) is 4.22. The summed E-state index contributed by atoms with van der Waals surface area (Å²) in [5.74, 6) is -0.345. The van der Waals surface area contributed by atoms with Crippen molar-refractivity contribution in [2.24, 2.45) is 0 Å². The Labute approximate surface area is 91.5 Å². The number of hydrogen-bond donors (Lipinski definition) is 0. The standard InChI is InChI=1S/C10H11NO3S/c1-14-10(13)7-4-5-8(12)11(7)9-3-2-6-15-9/h2-3,6-7H,4-5H2,1H3/t7-/m0/s1. The number of amides is 1. The monoisotopic (exact) mass is 225 g/mol. The van der Waals surface area contributed by atoms with Crippen molar-refractivity contribution in [3.8, 4) is 0 Å². The molecule has 2 heterocycles. The first-order valence-electron chi connectivity index (χ1n) is 4.67. The summed E-state index contributed by atoms with van der Waals surface area (Å²) in [6, 6.07) is 3.25. The van der Waals surface area contributed by atoms with Gasteiger partial charge in [0.15, 0.2) is 0 Å². The van der Waals surface area contributed by atoms with Crippen LogP contribution in [0.5, 0.6) is 0 Å². The predicted octanol–water partition coefficient (Wildman–Crippen LogP) is 1.42. The van der Waals surface area contributed by atoms with E-state index in [1.165, 1.54) is 23.3 Å². The van der Waals surface area contributed by atoms with Crippen LogP contribution in [0.2, 0.25) is 0 Å². The molecule has 1 aromatic heterocycles. The van der Waals surface area contributed by atoms with Crippen molar-refractivity contribution in [2.75, 3.05) is 12.0 Å². The SMILES string of the molecule is COC(=O)[C@@H]1CCC(=O)N1c1cccs1. The molecule has 4 nitrogen and oxygen atoms in total. The Morgan fingerprint density at radius 2 is 2.47 bits per heavy atom. The molecule has 1 amide bonds. The maximum Gasteiger partial charge on any atom is 0.329 e. The number of esters is 1. The van der Waals surface area contributed by atoms with Crippen molar-refractivity contribution in [1.82, 2.24) is 0 Å². The lowest BCUT2D eigenvalue weighted by atomic mass is 10.2. The largest absolute Gasteiger partial charge is 0.467 e. The van der Waals surface area contributed by atoms with E-state index in [4.69, 9.17) is 0 Å². The van der Waals surface area contributed by atoms with E-state index in [0.29, 0.717) is 12.8 Å². The minimum absolute atomic E-state index is 0.00662. The van der Waals surface area contributed by atoms with E-state index in [2.05, 4.69) is 4.74 Å². The average Bonchev–Trinajstić information content (AvgIpc) is 2.85. The van der Waals surface area contributed by atoms with Gasteiger partial charge in [-0.05, 0) is 23.9 Å². The summed E-state index contributed by atoms with van der Waals surface area (Å²) in [5.41, 5.74) is 0. The first kappa shape index (κ1) is 10.2. The first-order valence-corrected chi connectivity index (χ1v) is 5.55. The van der Waals surface area contributed by atoms with Gasteiger partial charge in [0, 0.05) is 6.42 Å². The maximum atomic E-state index is 11.6. The third kappa shape index (κ3) is 1.74. The molecule has 80 valence electrons. The van der Waals surface area contributed by atoms with Crippen molar-refractivity contribution in [3.05, 3.63) is 17.5 Å². The molecule has 1 fully saturated rings. The van der Waals surface area contributed by atoms with Crippen LogP contribution in [0.4, 0.5) is 5.00 Å². The number of carbonyl (C=O) groups excluding carboxylic acids is 2. The fourth-order valence-electron chi connectivity index (χ4n) is 1.73. The number of methoxy groups -OCH3 is 1. The van der Waals surface area contributed by atoms with Crippen LogP contribution in [0.1, 0.15) is 12.8 Å². The maximum absolute atomic E-state index is 11.6. The summed E-state index contributed by atoms with van der Waals surface area (Å²) in [4.78, 5) is 24.6. The van der Waals surface area contributed by atoms with Gasteiger partial charge in [-0.1, -0.05) is 0 Å². The van der Waals surface area contributed by atoms with Gasteiger partial charge in [-0.2, -0.15) is 0 Å². The molecular weight excluding hydrogens is 214 g/mol. The number of rotatable bonds is 2. The Morgan fingerprint density at radius 1 is 1.67 bits per heavy atom. The quantitative estimate of drug-likeness (QED) is 0.715. The van der Waals surface area contributed by atoms with Crippen LogP contribution in [0, 0.1) is 0 Å². The lowest BCUT2D eigenvalue weighted by Crippen LogP contribution is -2.38. The van der Waals surface area contributed by atoms with Crippen LogP contribution < -0.4 is 4.90 Å². The van der Waals surface area contributed by atoms with Crippen LogP contribution >= 0.6 is 11.3 Å². The molecule has 1 atom stereocenters. The first-order chi connectivity index (χ1) is 7.24. The number of ether oxygens (including phenoxy) is 1. The molecular formula is C10H11NO3S. The second kappa shape index (κ2) is 4.02. The summed E-state index contributed by atoms with van der Waals surface area (Å²) >= 11 is 1.45. The van der Waals surface area contributed by atoms with Crippen LogP contribution in [0.3, 0.4) is 0 Å². The number of hydrogen-bond acceptors (Lipinski definition) is 4. The van der Waals surface area contributed by atoms with Gasteiger partial charge in [-0.25, -0.2) is 4.79 Å². The molecule has 0 unspecified atom stereocenters. The van der Waals surface area contributed by atoms with E-state index in [1.54, 1.807) is 0 Å². The van der Waals surface area contributed by atoms with Gasteiger partial charge < -0.3 is 4.74 Å². The van der Waals surface area contributed by atoms with E-state index in [0.717, 1.165) is 5.00 Å². The fraction of sp³-hybridized carbons (Fsp3) is 0.400. The molecule has 15 heavy (non-hydrogen) atoms. The molecule has 1 aliphatic rings. The molecule has 2 rings (SSSR count). The fourth-order valence-corrected chi connectivity index (χ4v) is 2.52. The molecule has 0 bridgehead atoms. The van der Waals surface area contributed by atoms with E-state index in [9.17, 15) is 9.59 Å². The summed E-state index contributed by atoms with van der Waals surface area (Å²) < 4.78 is 4.68. The smallest absolute Gasteiger partial charge is 0.329 e. The highest BCUT2D eigenvalue weighted by atomic mass is 32.1. The summed E-state index contributed by atoms with van der Waals surface area (Å²) in [6.45, 7) is 0.